The van der Waals surface area contributed by atoms with Gasteiger partial charge in [-0.1, -0.05) is 84.5 Å². The van der Waals surface area contributed by atoms with E-state index >= 15 is 0 Å². The van der Waals surface area contributed by atoms with Gasteiger partial charge in [-0.25, -0.2) is 0 Å². The molecule has 278 valence electrons. The molecular formula is C36H74O10. The Morgan fingerprint density at radius 1 is 0.370 bits per heavy atom. The normalized spacial score (nSPS) is 13.0. The maximum Gasteiger partial charge on any atom is 0.0834 e. The van der Waals surface area contributed by atoms with Crippen LogP contribution in [0.3, 0.4) is 0 Å². The Kier molecular flexibility index (Phi) is 40.4. The molecule has 10 heteroatoms. The van der Waals surface area contributed by atoms with Gasteiger partial charge < -0.3 is 48.1 Å². The summed E-state index contributed by atoms with van der Waals surface area (Å²) in [6.45, 7) is 12.5. The highest BCUT2D eigenvalue weighted by atomic mass is 16.6. The molecule has 2 N–H and O–H groups in total. The lowest BCUT2D eigenvalue weighted by atomic mass is 9.91. The number of ether oxygens (including phenoxy) is 8. The van der Waals surface area contributed by atoms with Crippen molar-refractivity contribution in [2.75, 3.05) is 112 Å². The van der Waals surface area contributed by atoms with Crippen LogP contribution in [0.1, 0.15) is 110 Å². The van der Waals surface area contributed by atoms with E-state index in [-0.39, 0.29) is 19.3 Å². The van der Waals surface area contributed by atoms with Crippen molar-refractivity contribution in [3.05, 3.63) is 0 Å². The summed E-state index contributed by atoms with van der Waals surface area (Å²) >= 11 is 0. The summed E-state index contributed by atoms with van der Waals surface area (Å²) < 4.78 is 44.7. The van der Waals surface area contributed by atoms with Gasteiger partial charge in [-0.15, -0.1) is 0 Å². The first-order valence-electron chi connectivity index (χ1n) is 18.7. The molecule has 0 aromatic heterocycles. The summed E-state index contributed by atoms with van der Waals surface area (Å²) in [4.78, 5) is 0. The second-order valence-electron chi connectivity index (χ2n) is 11.8. The number of hydrogen-bond donors (Lipinski definition) is 2. The maximum absolute atomic E-state index is 10.1. The van der Waals surface area contributed by atoms with Crippen LogP contribution in [-0.4, -0.2) is 129 Å². The van der Waals surface area contributed by atoms with Crippen molar-refractivity contribution >= 4 is 0 Å². The smallest absolute Gasteiger partial charge is 0.0834 e. The fourth-order valence-corrected chi connectivity index (χ4v) is 5.10. The van der Waals surface area contributed by atoms with Crippen molar-refractivity contribution in [2.24, 2.45) is 5.92 Å². The van der Waals surface area contributed by atoms with Crippen LogP contribution in [0.4, 0.5) is 0 Å². The topological polar surface area (TPSA) is 114 Å². The molecule has 0 aromatic rings. The van der Waals surface area contributed by atoms with Gasteiger partial charge in [0.15, 0.2) is 0 Å². The van der Waals surface area contributed by atoms with Crippen LogP contribution < -0.4 is 0 Å². The van der Waals surface area contributed by atoms with Gasteiger partial charge in [0.2, 0.25) is 0 Å². The Hall–Kier alpha value is -0.400. The Labute approximate surface area is 282 Å². The number of aliphatic hydroxyl groups excluding tert-OH is 2. The summed E-state index contributed by atoms with van der Waals surface area (Å²) in [6, 6.07) is 0. The predicted molar refractivity (Wildman–Crippen MR) is 184 cm³/mol. The predicted octanol–water partition coefficient (Wildman–Crippen LogP) is 5.98. The highest BCUT2D eigenvalue weighted by molar-refractivity contribution is 4.71. The average molecular weight is 667 g/mol. The molecule has 2 atom stereocenters. The first-order chi connectivity index (χ1) is 22.8. The van der Waals surface area contributed by atoms with Crippen LogP contribution in [0.15, 0.2) is 0 Å². The van der Waals surface area contributed by atoms with Crippen molar-refractivity contribution in [1.82, 2.24) is 0 Å². The molecule has 0 fully saturated rings. The second-order valence-corrected chi connectivity index (χ2v) is 11.8. The van der Waals surface area contributed by atoms with Crippen molar-refractivity contribution in [1.29, 1.82) is 0 Å². The van der Waals surface area contributed by atoms with Gasteiger partial charge in [0, 0.05) is 13.2 Å². The quantitative estimate of drug-likeness (QED) is 0.0756. The van der Waals surface area contributed by atoms with Crippen molar-refractivity contribution in [3.8, 4) is 0 Å². The zero-order valence-electron chi connectivity index (χ0n) is 29.9. The third-order valence-corrected chi connectivity index (χ3v) is 7.80. The Morgan fingerprint density at radius 2 is 0.739 bits per heavy atom. The molecule has 0 aromatic carbocycles. The fourth-order valence-electron chi connectivity index (χ4n) is 5.10. The molecule has 0 heterocycles. The van der Waals surface area contributed by atoms with Gasteiger partial charge in [0.05, 0.1) is 105 Å². The van der Waals surface area contributed by atoms with E-state index in [1.165, 1.54) is 70.6 Å². The van der Waals surface area contributed by atoms with Crippen LogP contribution in [0.2, 0.25) is 0 Å². The average Bonchev–Trinajstić information content (AvgIpc) is 3.07. The Balaban J connectivity index is 3.79. The molecule has 0 spiro atoms. The van der Waals surface area contributed by atoms with Crippen LogP contribution in [0, 0.1) is 5.92 Å². The molecule has 0 saturated heterocycles. The standard InChI is InChI=1S/C36H74O10/c1-3-5-7-9-10-11-12-14-19-39-20-15-17-35(16-13-8-6-4-2)36(34-38)46-33-32-45-31-30-44-29-28-43-27-26-42-25-24-41-23-22-40-21-18-37/h35-38H,3-34H2,1-2H3. The van der Waals surface area contributed by atoms with Crippen LogP contribution in [0.5, 0.6) is 0 Å². The highest BCUT2D eigenvalue weighted by Crippen LogP contribution is 2.22. The molecule has 0 aliphatic heterocycles. The minimum Gasteiger partial charge on any atom is -0.394 e. The summed E-state index contributed by atoms with van der Waals surface area (Å²) in [5, 5.41) is 18.7. The minimum absolute atomic E-state index is 0.0282. The van der Waals surface area contributed by atoms with E-state index in [0.29, 0.717) is 91.8 Å². The molecule has 2 unspecified atom stereocenters. The molecule has 0 amide bonds. The van der Waals surface area contributed by atoms with Gasteiger partial charge in [-0.05, 0) is 31.6 Å². The number of aliphatic hydroxyl groups is 2. The van der Waals surface area contributed by atoms with Crippen molar-refractivity contribution in [2.45, 2.75) is 116 Å². The van der Waals surface area contributed by atoms with Crippen molar-refractivity contribution in [3.63, 3.8) is 0 Å². The summed E-state index contributed by atoms with van der Waals surface area (Å²) in [5.41, 5.74) is 0. The van der Waals surface area contributed by atoms with Crippen LogP contribution >= 0.6 is 0 Å². The van der Waals surface area contributed by atoms with Crippen LogP contribution in [-0.2, 0) is 37.9 Å². The Morgan fingerprint density at radius 3 is 1.22 bits per heavy atom. The zero-order chi connectivity index (χ0) is 33.4. The lowest BCUT2D eigenvalue weighted by Gasteiger charge is -2.26. The number of hydrogen-bond acceptors (Lipinski definition) is 10. The first kappa shape index (κ1) is 45.6. The SMILES string of the molecule is CCCCCCCCCCOCCCC(CCCCCC)C(CO)OCCOCCOCCOCCOCCOCCOCCO. The summed E-state index contributed by atoms with van der Waals surface area (Å²) in [7, 11) is 0. The minimum atomic E-state index is -0.153. The van der Waals surface area contributed by atoms with Gasteiger partial charge >= 0.3 is 0 Å². The Bertz CT molecular complexity index is 543. The molecule has 0 aliphatic carbocycles. The first-order valence-corrected chi connectivity index (χ1v) is 18.7. The monoisotopic (exact) mass is 667 g/mol. The summed E-state index contributed by atoms with van der Waals surface area (Å²) in [6.07, 6.45) is 18.4. The lowest BCUT2D eigenvalue weighted by molar-refractivity contribution is -0.0582. The molecular weight excluding hydrogens is 592 g/mol. The van der Waals surface area contributed by atoms with Gasteiger partial charge in [0.25, 0.3) is 0 Å². The van der Waals surface area contributed by atoms with E-state index in [2.05, 4.69) is 13.8 Å². The maximum atomic E-state index is 10.1. The molecule has 0 aliphatic rings. The van der Waals surface area contributed by atoms with Crippen molar-refractivity contribution < 1.29 is 48.1 Å². The molecule has 0 saturated carbocycles. The summed E-state index contributed by atoms with van der Waals surface area (Å²) in [5.74, 6) is 0.346. The van der Waals surface area contributed by atoms with Gasteiger partial charge in [-0.3, -0.25) is 0 Å². The van der Waals surface area contributed by atoms with E-state index in [4.69, 9.17) is 43.0 Å². The zero-order valence-corrected chi connectivity index (χ0v) is 29.9. The van der Waals surface area contributed by atoms with E-state index < -0.39 is 0 Å². The third-order valence-electron chi connectivity index (χ3n) is 7.80. The van der Waals surface area contributed by atoms with E-state index in [1.807, 2.05) is 0 Å². The number of unbranched alkanes of at least 4 members (excludes halogenated alkanes) is 10. The van der Waals surface area contributed by atoms with Gasteiger partial charge in [0.1, 0.15) is 0 Å². The van der Waals surface area contributed by atoms with Gasteiger partial charge in [-0.2, -0.15) is 0 Å². The largest absolute Gasteiger partial charge is 0.394 e. The number of rotatable bonds is 41. The molecule has 0 bridgehead atoms. The highest BCUT2D eigenvalue weighted by Gasteiger charge is 2.21. The lowest BCUT2D eigenvalue weighted by Crippen LogP contribution is -2.30. The molecule has 46 heavy (non-hydrogen) atoms. The van der Waals surface area contributed by atoms with Crippen LogP contribution in [0.25, 0.3) is 0 Å². The second kappa shape index (κ2) is 40.8. The van der Waals surface area contributed by atoms with E-state index in [1.54, 1.807) is 0 Å². The van der Waals surface area contributed by atoms with E-state index in [9.17, 15) is 5.11 Å². The molecule has 10 nitrogen and oxygen atoms in total. The molecule has 0 rings (SSSR count). The third kappa shape index (κ3) is 34.9. The van der Waals surface area contributed by atoms with E-state index in [0.717, 1.165) is 38.9 Å². The molecule has 0 radical (unpaired) electrons. The fraction of sp³-hybridized carbons (Fsp3) is 1.00.